The normalized spacial score (nSPS) is 11.2. The van der Waals surface area contributed by atoms with Crippen molar-refractivity contribution in [2.24, 2.45) is 0 Å². The maximum Gasteiger partial charge on any atom is 0.337 e. The second-order valence-electron chi connectivity index (χ2n) is 5.62. The quantitative estimate of drug-likeness (QED) is 0.596. The van der Waals surface area contributed by atoms with Gasteiger partial charge in [0.25, 0.3) is 10.0 Å². The first kappa shape index (κ1) is 22.3. The number of carbonyl (C=O) groups is 2. The molecule has 0 fully saturated rings. The Balaban J connectivity index is 2.55. The summed E-state index contributed by atoms with van der Waals surface area (Å²) in [5.74, 6) is -2.42. The molecule has 2 aromatic rings. The average molecular weight is 467 g/mol. The molecule has 2 N–H and O–H groups in total. The number of sulfonamides is 1. The summed E-state index contributed by atoms with van der Waals surface area (Å²) in [5.41, 5.74) is -0.259. The van der Waals surface area contributed by atoms with E-state index in [0.717, 1.165) is 16.4 Å². The lowest BCUT2D eigenvalue weighted by atomic mass is 10.2. The Hall–Kier alpha value is -2.00. The van der Waals surface area contributed by atoms with Crippen molar-refractivity contribution in [3.8, 4) is 0 Å². The summed E-state index contributed by atoms with van der Waals surface area (Å²) in [6, 6.07) is 7.44. The highest BCUT2D eigenvalue weighted by Crippen LogP contribution is 2.31. The van der Waals surface area contributed by atoms with Gasteiger partial charge in [-0.2, -0.15) is 0 Å². The van der Waals surface area contributed by atoms with Crippen molar-refractivity contribution < 1.29 is 28.2 Å². The number of aliphatic carboxylic acids is 1. The molecule has 0 aliphatic heterocycles. The van der Waals surface area contributed by atoms with Gasteiger partial charge in [0.1, 0.15) is 0 Å². The van der Waals surface area contributed by atoms with Gasteiger partial charge in [0, 0.05) is 13.0 Å². The van der Waals surface area contributed by atoms with Crippen LogP contribution in [0.5, 0.6) is 0 Å². The van der Waals surface area contributed by atoms with Crippen molar-refractivity contribution in [1.82, 2.24) is 0 Å². The van der Waals surface area contributed by atoms with Crippen LogP contribution in [-0.4, -0.2) is 37.1 Å². The van der Waals surface area contributed by atoms with Crippen LogP contribution in [0.3, 0.4) is 0 Å². The van der Waals surface area contributed by atoms with Crippen LogP contribution in [0.2, 0.25) is 15.1 Å². The van der Waals surface area contributed by atoms with E-state index in [0.29, 0.717) is 0 Å². The van der Waals surface area contributed by atoms with Crippen molar-refractivity contribution in [3.63, 3.8) is 0 Å². The largest absolute Gasteiger partial charge is 0.481 e. The number of carboxylic acids is 2. The predicted octanol–water partition coefficient (Wildman–Crippen LogP) is 4.41. The summed E-state index contributed by atoms with van der Waals surface area (Å²) >= 11 is 17.6. The van der Waals surface area contributed by atoms with Crippen LogP contribution in [0.15, 0.2) is 41.3 Å². The predicted molar refractivity (Wildman–Crippen MR) is 106 cm³/mol. The van der Waals surface area contributed by atoms with Gasteiger partial charge >= 0.3 is 11.9 Å². The lowest BCUT2D eigenvalue weighted by molar-refractivity contribution is -0.137. The smallest absolute Gasteiger partial charge is 0.337 e. The zero-order chi connectivity index (χ0) is 21.1. The summed E-state index contributed by atoms with van der Waals surface area (Å²) in [6.07, 6.45) is -0.270. The Morgan fingerprint density at radius 1 is 0.929 bits per heavy atom. The van der Waals surface area contributed by atoms with E-state index in [9.17, 15) is 23.1 Å². The molecule has 0 aliphatic rings. The number of aromatic carboxylic acids is 1. The first-order valence-corrected chi connectivity index (χ1v) is 10.3. The molecule has 0 saturated carbocycles. The standard InChI is InChI=1S/C17H14Cl3NO6S/c18-13-5-3-10(8-12(13)17(24)25)21(7-1-2-16(22)23)28(26,27)11-4-6-14(19)15(20)9-11/h3-6,8-9H,1-2,7H2,(H,22,23)(H,24,25). The van der Waals surface area contributed by atoms with Gasteiger partial charge in [-0.25, -0.2) is 13.2 Å². The van der Waals surface area contributed by atoms with E-state index in [-0.39, 0.29) is 50.6 Å². The van der Waals surface area contributed by atoms with E-state index in [4.69, 9.17) is 39.9 Å². The molecule has 0 amide bonds. The van der Waals surface area contributed by atoms with Crippen LogP contribution >= 0.6 is 34.8 Å². The minimum absolute atomic E-state index is 0.000909. The number of hydrogen-bond acceptors (Lipinski definition) is 4. The van der Waals surface area contributed by atoms with E-state index in [2.05, 4.69) is 0 Å². The van der Waals surface area contributed by atoms with Crippen LogP contribution in [0.1, 0.15) is 23.2 Å². The van der Waals surface area contributed by atoms with E-state index >= 15 is 0 Å². The molecule has 0 spiro atoms. The fourth-order valence-electron chi connectivity index (χ4n) is 2.36. The Morgan fingerprint density at radius 2 is 1.57 bits per heavy atom. The fourth-order valence-corrected chi connectivity index (χ4v) is 4.44. The van der Waals surface area contributed by atoms with Gasteiger partial charge in [0.2, 0.25) is 0 Å². The van der Waals surface area contributed by atoms with Gasteiger partial charge < -0.3 is 10.2 Å². The van der Waals surface area contributed by atoms with Crippen LogP contribution in [0, 0.1) is 0 Å². The summed E-state index contributed by atoms with van der Waals surface area (Å²) < 4.78 is 27.2. The van der Waals surface area contributed by atoms with Crippen molar-refractivity contribution in [3.05, 3.63) is 57.0 Å². The monoisotopic (exact) mass is 465 g/mol. The highest BCUT2D eigenvalue weighted by molar-refractivity contribution is 7.92. The summed E-state index contributed by atoms with van der Waals surface area (Å²) in [6.45, 7) is -0.199. The first-order valence-electron chi connectivity index (χ1n) is 7.76. The molecule has 0 bridgehead atoms. The molecule has 0 unspecified atom stereocenters. The zero-order valence-corrected chi connectivity index (χ0v) is 17.2. The van der Waals surface area contributed by atoms with Crippen LogP contribution in [0.25, 0.3) is 0 Å². The molecule has 28 heavy (non-hydrogen) atoms. The lowest BCUT2D eigenvalue weighted by Crippen LogP contribution is -2.32. The van der Waals surface area contributed by atoms with Gasteiger partial charge in [-0.1, -0.05) is 34.8 Å². The summed E-state index contributed by atoms with van der Waals surface area (Å²) in [5, 5.41) is 18.2. The minimum atomic E-state index is -4.19. The van der Waals surface area contributed by atoms with E-state index in [1.807, 2.05) is 0 Å². The first-order chi connectivity index (χ1) is 13.0. The Bertz CT molecular complexity index is 1030. The molecule has 2 aromatic carbocycles. The highest BCUT2D eigenvalue weighted by atomic mass is 35.5. The highest BCUT2D eigenvalue weighted by Gasteiger charge is 2.27. The maximum atomic E-state index is 13.1. The third-order valence-electron chi connectivity index (χ3n) is 3.70. The molecule has 0 aromatic heterocycles. The molecule has 2 rings (SSSR count). The fraction of sp³-hybridized carbons (Fsp3) is 0.176. The van der Waals surface area contributed by atoms with Crippen molar-refractivity contribution >= 4 is 62.5 Å². The average Bonchev–Trinajstić information content (AvgIpc) is 2.61. The number of rotatable bonds is 8. The maximum absolute atomic E-state index is 13.1. The number of nitrogens with zero attached hydrogens (tertiary/aromatic N) is 1. The lowest BCUT2D eigenvalue weighted by Gasteiger charge is -2.25. The van der Waals surface area contributed by atoms with Gasteiger partial charge in [0.15, 0.2) is 0 Å². The zero-order valence-electron chi connectivity index (χ0n) is 14.1. The number of benzene rings is 2. The molecule has 0 saturated heterocycles. The molecular weight excluding hydrogens is 453 g/mol. The third kappa shape index (κ3) is 5.08. The van der Waals surface area contributed by atoms with Crippen molar-refractivity contribution in [2.75, 3.05) is 10.8 Å². The Labute approximate surface area is 176 Å². The molecule has 11 heteroatoms. The van der Waals surface area contributed by atoms with E-state index in [1.165, 1.54) is 24.3 Å². The van der Waals surface area contributed by atoms with Crippen LogP contribution < -0.4 is 4.31 Å². The van der Waals surface area contributed by atoms with Gasteiger partial charge in [-0.3, -0.25) is 9.10 Å². The molecule has 0 aliphatic carbocycles. The number of halogens is 3. The second kappa shape index (κ2) is 9.00. The van der Waals surface area contributed by atoms with E-state index in [1.54, 1.807) is 0 Å². The SMILES string of the molecule is O=C(O)CCCN(c1ccc(Cl)c(C(=O)O)c1)S(=O)(=O)c1ccc(Cl)c(Cl)c1. The Morgan fingerprint density at radius 3 is 2.14 bits per heavy atom. The third-order valence-corrected chi connectivity index (χ3v) is 6.59. The molecule has 0 atom stereocenters. The summed E-state index contributed by atoms with van der Waals surface area (Å²) in [4.78, 5) is 22.0. The van der Waals surface area contributed by atoms with Crippen molar-refractivity contribution in [1.29, 1.82) is 0 Å². The molecule has 0 heterocycles. The molecule has 7 nitrogen and oxygen atoms in total. The van der Waals surface area contributed by atoms with Gasteiger partial charge in [0.05, 0.1) is 31.2 Å². The second-order valence-corrected chi connectivity index (χ2v) is 8.70. The van der Waals surface area contributed by atoms with E-state index < -0.39 is 22.0 Å². The molecular formula is C17H14Cl3NO6S. The summed E-state index contributed by atoms with van der Waals surface area (Å²) in [7, 11) is -4.19. The van der Waals surface area contributed by atoms with Crippen LogP contribution in [0.4, 0.5) is 5.69 Å². The number of anilines is 1. The van der Waals surface area contributed by atoms with Gasteiger partial charge in [-0.15, -0.1) is 0 Å². The van der Waals surface area contributed by atoms with Crippen molar-refractivity contribution in [2.45, 2.75) is 17.7 Å². The minimum Gasteiger partial charge on any atom is -0.481 e. The van der Waals surface area contributed by atoms with Crippen LogP contribution in [-0.2, 0) is 14.8 Å². The Kier molecular flexibility index (Phi) is 7.16. The number of carboxylic acid groups (broad SMARTS) is 2. The number of hydrogen-bond donors (Lipinski definition) is 2. The topological polar surface area (TPSA) is 112 Å². The van der Waals surface area contributed by atoms with Gasteiger partial charge in [-0.05, 0) is 42.8 Å². The molecule has 150 valence electrons. The molecule has 0 radical (unpaired) electrons.